The largest absolute Gasteiger partial charge is 0.394 e. The molecule has 0 radical (unpaired) electrons. The van der Waals surface area contributed by atoms with Crippen molar-refractivity contribution in [3.05, 3.63) is 0 Å². The molecule has 0 rings (SSSR count). The lowest BCUT2D eigenvalue weighted by atomic mass is 10.7. The van der Waals surface area contributed by atoms with Gasteiger partial charge in [0.15, 0.2) is 0 Å². The maximum atomic E-state index is 8.34. The van der Waals surface area contributed by atoms with Crippen molar-refractivity contribution < 1.29 is 9.84 Å². The zero-order valence-electron chi connectivity index (χ0n) is 6.18. The Bertz CT molecular complexity index is 53.7. The molecule has 2 nitrogen and oxygen atoms in total. The second-order valence-electron chi connectivity index (χ2n) is 1.87. The first-order valence-electron chi connectivity index (χ1n) is 3.51. The molecule has 10 heavy (non-hydrogen) atoms. The Labute approximate surface area is 66.7 Å². The van der Waals surface area contributed by atoms with Gasteiger partial charge in [-0.3, -0.25) is 0 Å². The molecule has 1 N–H and O–H groups in total. The Morgan fingerprint density at radius 3 is 2.70 bits per heavy atom. The number of ether oxygens (including phenoxy) is 1. The van der Waals surface area contributed by atoms with E-state index in [1.165, 1.54) is 12.3 Å². The van der Waals surface area contributed by atoms with Gasteiger partial charge in [-0.2, -0.15) is 0 Å². The van der Waals surface area contributed by atoms with Crippen LogP contribution >= 0.6 is 17.8 Å². The van der Waals surface area contributed by atoms with Crippen LogP contribution in [0.4, 0.5) is 0 Å². The van der Waals surface area contributed by atoms with Crippen LogP contribution in [0.3, 0.4) is 0 Å². The molecule has 0 aliphatic rings. The van der Waals surface area contributed by atoms with Crippen LogP contribution in [0.5, 0.6) is 0 Å². The van der Waals surface area contributed by atoms with E-state index in [2.05, 4.69) is 9.24 Å². The summed E-state index contributed by atoms with van der Waals surface area (Å²) in [6.45, 7) is 1.45. The molecule has 2 atom stereocenters. The van der Waals surface area contributed by atoms with Gasteiger partial charge in [0.25, 0.3) is 0 Å². The zero-order valence-corrected chi connectivity index (χ0v) is 8.33. The number of hydrogen-bond donors (Lipinski definition) is 1. The molecule has 0 aromatic heterocycles. The highest BCUT2D eigenvalue weighted by atomic mass is 31.1. The van der Waals surface area contributed by atoms with Crippen molar-refractivity contribution in [2.24, 2.45) is 0 Å². The van der Waals surface area contributed by atoms with Crippen LogP contribution in [0.25, 0.3) is 0 Å². The van der Waals surface area contributed by atoms with E-state index < -0.39 is 0 Å². The van der Waals surface area contributed by atoms with Crippen LogP contribution < -0.4 is 0 Å². The summed E-state index contributed by atoms with van der Waals surface area (Å²) in [6.07, 6.45) is 3.62. The summed E-state index contributed by atoms with van der Waals surface area (Å²) in [5.41, 5.74) is 0. The predicted molar refractivity (Wildman–Crippen MR) is 50.5 cm³/mol. The first-order chi connectivity index (χ1) is 4.91. The minimum atomic E-state index is 0.146. The molecule has 0 saturated carbocycles. The fourth-order valence-electron chi connectivity index (χ4n) is 0.538. The fourth-order valence-corrected chi connectivity index (χ4v) is 1.89. The van der Waals surface area contributed by atoms with Gasteiger partial charge in [-0.25, -0.2) is 0 Å². The van der Waals surface area contributed by atoms with Gasteiger partial charge < -0.3 is 9.84 Å². The minimum Gasteiger partial charge on any atom is -0.394 e. The molecule has 0 heterocycles. The lowest BCUT2D eigenvalue weighted by Gasteiger charge is -2.00. The van der Waals surface area contributed by atoms with Crippen LogP contribution in [0.1, 0.15) is 0 Å². The molecule has 0 aromatic carbocycles. The Kier molecular flexibility index (Phi) is 10.5. The maximum Gasteiger partial charge on any atom is 0.0697 e. The van der Waals surface area contributed by atoms with Crippen LogP contribution in [0.2, 0.25) is 0 Å². The molecule has 0 aliphatic carbocycles. The Balaban J connectivity index is 2.65. The van der Waals surface area contributed by atoms with Crippen LogP contribution in [0, 0.1) is 0 Å². The van der Waals surface area contributed by atoms with Crippen molar-refractivity contribution in [3.63, 3.8) is 0 Å². The molecular formula is C6H16O2P2. The first-order valence-corrected chi connectivity index (χ1v) is 5.74. The second kappa shape index (κ2) is 9.78. The monoisotopic (exact) mass is 182 g/mol. The summed E-state index contributed by atoms with van der Waals surface area (Å²) < 4.78 is 5.08. The molecule has 0 spiro atoms. The molecule has 0 saturated heterocycles. The van der Waals surface area contributed by atoms with Gasteiger partial charge in [0.2, 0.25) is 0 Å². The summed E-state index contributed by atoms with van der Waals surface area (Å²) in [5, 5.41) is 8.34. The fraction of sp³-hybridized carbons (Fsp3) is 1.00. The molecule has 0 aromatic rings. The predicted octanol–water partition coefficient (Wildman–Crippen LogP) is 0.549. The van der Waals surface area contributed by atoms with Crippen molar-refractivity contribution in [2.45, 2.75) is 0 Å². The topological polar surface area (TPSA) is 29.5 Å². The SMILES string of the molecule is OCCOCCPCCP. The number of rotatable bonds is 7. The van der Waals surface area contributed by atoms with E-state index >= 15 is 0 Å². The average Bonchev–Trinajstić information content (AvgIpc) is 1.97. The zero-order chi connectivity index (χ0) is 7.66. The van der Waals surface area contributed by atoms with Crippen molar-refractivity contribution in [2.75, 3.05) is 38.3 Å². The highest BCUT2D eigenvalue weighted by molar-refractivity contribution is 7.38. The van der Waals surface area contributed by atoms with E-state index in [0.29, 0.717) is 6.61 Å². The number of aliphatic hydroxyl groups is 1. The molecular weight excluding hydrogens is 166 g/mol. The van der Waals surface area contributed by atoms with Crippen LogP contribution in [0.15, 0.2) is 0 Å². The van der Waals surface area contributed by atoms with Gasteiger partial charge in [-0.1, -0.05) is 0 Å². The number of aliphatic hydroxyl groups excluding tert-OH is 1. The molecule has 0 fully saturated rings. The highest BCUT2D eigenvalue weighted by Gasteiger charge is 1.86. The molecule has 0 bridgehead atoms. The van der Waals surface area contributed by atoms with E-state index in [4.69, 9.17) is 9.84 Å². The van der Waals surface area contributed by atoms with Crippen LogP contribution in [-0.2, 0) is 4.74 Å². The summed E-state index contributed by atoms with van der Waals surface area (Å²) in [7, 11) is 3.73. The van der Waals surface area contributed by atoms with Crippen molar-refractivity contribution in [3.8, 4) is 0 Å². The summed E-state index contributed by atoms with van der Waals surface area (Å²) in [4.78, 5) is 0. The average molecular weight is 182 g/mol. The third kappa shape index (κ3) is 8.78. The highest BCUT2D eigenvalue weighted by Crippen LogP contribution is 2.08. The third-order valence-corrected chi connectivity index (χ3v) is 3.05. The van der Waals surface area contributed by atoms with Gasteiger partial charge >= 0.3 is 0 Å². The standard InChI is InChI=1S/C6H16O2P2/c7-1-2-8-3-5-10-6-4-9/h7,10H,1-6,9H2. The van der Waals surface area contributed by atoms with Crippen molar-refractivity contribution in [1.29, 1.82) is 0 Å². The summed E-state index contributed by atoms with van der Waals surface area (Å²) in [6, 6.07) is 0. The quantitative estimate of drug-likeness (QED) is 0.460. The van der Waals surface area contributed by atoms with E-state index in [0.717, 1.165) is 21.3 Å². The molecule has 4 heteroatoms. The molecule has 0 amide bonds. The number of hydrogen-bond acceptors (Lipinski definition) is 2. The summed E-state index contributed by atoms with van der Waals surface area (Å²) >= 11 is 0. The van der Waals surface area contributed by atoms with Gasteiger partial charge in [-0.15, -0.1) is 17.8 Å². The first kappa shape index (κ1) is 10.8. The lowest BCUT2D eigenvalue weighted by Crippen LogP contribution is -2.02. The van der Waals surface area contributed by atoms with Gasteiger partial charge in [-0.05, 0) is 18.5 Å². The van der Waals surface area contributed by atoms with E-state index in [1.807, 2.05) is 0 Å². The maximum absolute atomic E-state index is 8.34. The van der Waals surface area contributed by atoms with Gasteiger partial charge in [0.1, 0.15) is 0 Å². The van der Waals surface area contributed by atoms with E-state index in [1.54, 1.807) is 0 Å². The summed E-state index contributed by atoms with van der Waals surface area (Å²) in [5.74, 6) is 0. The normalized spacial score (nSPS) is 11.4. The molecule has 2 unspecified atom stereocenters. The van der Waals surface area contributed by atoms with Crippen molar-refractivity contribution >= 4 is 17.8 Å². The second-order valence-corrected chi connectivity index (χ2v) is 3.95. The van der Waals surface area contributed by atoms with E-state index in [9.17, 15) is 0 Å². The van der Waals surface area contributed by atoms with Crippen LogP contribution in [-0.4, -0.2) is 43.4 Å². The Hall–Kier alpha value is 0.780. The van der Waals surface area contributed by atoms with Gasteiger partial charge in [0, 0.05) is 0 Å². The molecule has 62 valence electrons. The Morgan fingerprint density at radius 2 is 2.10 bits per heavy atom. The lowest BCUT2D eigenvalue weighted by molar-refractivity contribution is 0.103. The third-order valence-electron chi connectivity index (χ3n) is 0.980. The smallest absolute Gasteiger partial charge is 0.0697 e. The van der Waals surface area contributed by atoms with Crippen molar-refractivity contribution in [1.82, 2.24) is 0 Å². The molecule has 0 aliphatic heterocycles. The minimum absolute atomic E-state index is 0.146. The van der Waals surface area contributed by atoms with Gasteiger partial charge in [0.05, 0.1) is 19.8 Å². The van der Waals surface area contributed by atoms with E-state index in [-0.39, 0.29) is 6.61 Å². The Morgan fingerprint density at radius 1 is 1.30 bits per heavy atom.